The lowest BCUT2D eigenvalue weighted by Gasteiger charge is -2.30. The van der Waals surface area contributed by atoms with E-state index >= 15 is 0 Å². The van der Waals surface area contributed by atoms with Crippen LogP contribution < -0.4 is 5.84 Å². The Bertz CT molecular complexity index is 1050. The normalized spacial score (nSPS) is 20.6. The molecule has 156 valence electrons. The van der Waals surface area contributed by atoms with Crippen LogP contribution in [0.25, 0.3) is 10.9 Å². The van der Waals surface area contributed by atoms with Crippen LogP contribution in [0.1, 0.15) is 37.3 Å². The lowest BCUT2D eigenvalue weighted by Crippen LogP contribution is -2.35. The molecule has 0 saturated carbocycles. The molecule has 2 atom stereocenters. The highest BCUT2D eigenvalue weighted by Crippen LogP contribution is 2.33. The summed E-state index contributed by atoms with van der Waals surface area (Å²) < 4.78 is 0. The number of hydrazone groups is 1. The summed E-state index contributed by atoms with van der Waals surface area (Å²) in [7, 11) is 1.73. The topological polar surface area (TPSA) is 57.8 Å². The second-order valence-corrected chi connectivity index (χ2v) is 8.68. The molecule has 4 rings (SSSR count). The molecular formula is C25H31N5. The average Bonchev–Trinajstić information content (AvgIpc) is 3.03. The van der Waals surface area contributed by atoms with Gasteiger partial charge >= 0.3 is 0 Å². The molecule has 1 aliphatic heterocycles. The molecule has 0 radical (unpaired) electrons. The summed E-state index contributed by atoms with van der Waals surface area (Å²) in [6.07, 6.45) is 13.0. The van der Waals surface area contributed by atoms with Gasteiger partial charge in [-0.2, -0.15) is 0 Å². The monoisotopic (exact) mass is 401 g/mol. The number of aryl methyl sites for hydroxylation is 1. The van der Waals surface area contributed by atoms with E-state index in [-0.39, 0.29) is 0 Å². The third kappa shape index (κ3) is 4.46. The Balaban J connectivity index is 1.30. The van der Waals surface area contributed by atoms with Gasteiger partial charge in [-0.05, 0) is 74.8 Å². The van der Waals surface area contributed by atoms with Crippen molar-refractivity contribution in [3.05, 3.63) is 77.7 Å². The summed E-state index contributed by atoms with van der Waals surface area (Å²) in [5.74, 6) is 7.23. The van der Waals surface area contributed by atoms with E-state index in [1.807, 2.05) is 12.3 Å². The summed E-state index contributed by atoms with van der Waals surface area (Å²) in [5, 5.41) is 6.94. The second-order valence-electron chi connectivity index (χ2n) is 8.68. The number of aromatic nitrogens is 1. The quantitative estimate of drug-likeness (QED) is 0.415. The minimum absolute atomic E-state index is 0.367. The summed E-state index contributed by atoms with van der Waals surface area (Å²) >= 11 is 0. The Kier molecular flexibility index (Phi) is 5.73. The van der Waals surface area contributed by atoms with Crippen LogP contribution in [-0.2, 0) is 6.42 Å². The smallest absolute Gasteiger partial charge is 0.161 e. The standard InChI is InChI=1S/C25H31N5/c1-17-11-23-8-7-21(15-24(23)27-16-17)14-22-12-20(13-22)6-5-19(3)30-10-9-18(2)25(30)28-29(4)26/h7-12,15-16,19-20H,2,5-6,13-14,26H2,1,3-4H3/b28-25+. The zero-order valence-electron chi connectivity index (χ0n) is 18.2. The summed E-state index contributed by atoms with van der Waals surface area (Å²) in [4.78, 5) is 6.75. The molecular weight excluding hydrogens is 370 g/mol. The number of fused-ring (bicyclic) bond motifs is 1. The van der Waals surface area contributed by atoms with Crippen LogP contribution in [-0.4, -0.2) is 33.9 Å². The molecule has 2 heterocycles. The zero-order chi connectivity index (χ0) is 21.3. The van der Waals surface area contributed by atoms with Crippen molar-refractivity contribution < 1.29 is 0 Å². The largest absolute Gasteiger partial charge is 0.328 e. The molecule has 0 spiro atoms. The van der Waals surface area contributed by atoms with Gasteiger partial charge in [0.1, 0.15) is 0 Å². The first-order valence-corrected chi connectivity index (χ1v) is 10.7. The maximum atomic E-state index is 5.70. The highest BCUT2D eigenvalue weighted by molar-refractivity contribution is 6.03. The van der Waals surface area contributed by atoms with Crippen molar-refractivity contribution >= 4 is 16.7 Å². The van der Waals surface area contributed by atoms with Crippen molar-refractivity contribution in [3.8, 4) is 0 Å². The molecule has 0 saturated heterocycles. The summed E-state index contributed by atoms with van der Waals surface area (Å²) in [5.41, 5.74) is 6.09. The van der Waals surface area contributed by atoms with Gasteiger partial charge in [0.2, 0.25) is 0 Å². The number of rotatable bonds is 7. The maximum absolute atomic E-state index is 5.70. The number of amidine groups is 1. The SMILES string of the molecule is C=C1C=CN(C(C)CCC2C=C(Cc3ccc4cc(C)cnc4c3)C2)/C1=N/N(C)N. The van der Waals surface area contributed by atoms with Crippen molar-refractivity contribution in [1.82, 2.24) is 15.0 Å². The van der Waals surface area contributed by atoms with Crippen molar-refractivity contribution in [2.75, 3.05) is 7.05 Å². The highest BCUT2D eigenvalue weighted by atomic mass is 15.6. The number of hydrazine groups is 1. The highest BCUT2D eigenvalue weighted by Gasteiger charge is 2.25. The molecule has 30 heavy (non-hydrogen) atoms. The molecule has 5 heteroatoms. The Morgan fingerprint density at radius 1 is 1.37 bits per heavy atom. The van der Waals surface area contributed by atoms with Crippen molar-refractivity contribution in [3.63, 3.8) is 0 Å². The van der Waals surface area contributed by atoms with E-state index in [1.54, 1.807) is 12.6 Å². The first-order chi connectivity index (χ1) is 14.4. The molecule has 1 aromatic heterocycles. The van der Waals surface area contributed by atoms with Crippen molar-refractivity contribution in [1.29, 1.82) is 0 Å². The van der Waals surface area contributed by atoms with Crippen LogP contribution in [0.15, 0.2) is 71.6 Å². The van der Waals surface area contributed by atoms with E-state index < -0.39 is 0 Å². The molecule has 0 fully saturated rings. The third-order valence-corrected chi connectivity index (χ3v) is 5.96. The Morgan fingerprint density at radius 3 is 2.93 bits per heavy atom. The van der Waals surface area contributed by atoms with Gasteiger partial charge in [0.25, 0.3) is 0 Å². The van der Waals surface area contributed by atoms with Gasteiger partial charge in [0.05, 0.1) is 5.52 Å². The zero-order valence-corrected chi connectivity index (χ0v) is 18.2. The molecule has 5 nitrogen and oxygen atoms in total. The van der Waals surface area contributed by atoms with Gasteiger partial charge in [-0.1, -0.05) is 30.4 Å². The van der Waals surface area contributed by atoms with Crippen LogP contribution in [0.5, 0.6) is 0 Å². The molecule has 1 aromatic carbocycles. The first kappa shape index (κ1) is 20.4. The van der Waals surface area contributed by atoms with Crippen LogP contribution in [0.4, 0.5) is 0 Å². The molecule has 1 aliphatic carbocycles. The van der Waals surface area contributed by atoms with E-state index in [2.05, 4.69) is 72.0 Å². The van der Waals surface area contributed by atoms with Crippen molar-refractivity contribution in [2.45, 2.75) is 45.6 Å². The number of hydrogen-bond acceptors (Lipinski definition) is 4. The van der Waals surface area contributed by atoms with E-state index in [9.17, 15) is 0 Å². The fraction of sp³-hybridized carbons (Fsp3) is 0.360. The number of benzene rings is 1. The number of allylic oxidation sites excluding steroid dienone is 2. The van der Waals surface area contributed by atoms with Crippen LogP contribution in [0, 0.1) is 12.8 Å². The molecule has 0 amide bonds. The number of pyridine rings is 1. The maximum Gasteiger partial charge on any atom is 0.161 e. The van der Waals surface area contributed by atoms with Crippen LogP contribution >= 0.6 is 0 Å². The summed E-state index contributed by atoms with van der Waals surface area (Å²) in [6.45, 7) is 8.38. The Morgan fingerprint density at radius 2 is 2.17 bits per heavy atom. The van der Waals surface area contributed by atoms with Gasteiger partial charge in [0, 0.05) is 36.4 Å². The Labute approximate surface area is 179 Å². The molecule has 2 unspecified atom stereocenters. The lowest BCUT2D eigenvalue weighted by molar-refractivity contribution is 0.337. The minimum Gasteiger partial charge on any atom is -0.328 e. The summed E-state index contributed by atoms with van der Waals surface area (Å²) in [6, 6.07) is 9.22. The number of nitrogens with two attached hydrogens (primary N) is 1. The lowest BCUT2D eigenvalue weighted by atomic mass is 9.80. The van der Waals surface area contributed by atoms with Crippen molar-refractivity contribution in [2.24, 2.45) is 16.9 Å². The second kappa shape index (κ2) is 8.44. The fourth-order valence-electron chi connectivity index (χ4n) is 4.30. The molecule has 0 bridgehead atoms. The molecule has 2 aromatic rings. The van der Waals surface area contributed by atoms with E-state index in [0.717, 1.165) is 29.8 Å². The van der Waals surface area contributed by atoms with Crippen LogP contribution in [0.2, 0.25) is 0 Å². The minimum atomic E-state index is 0.367. The van der Waals surface area contributed by atoms with E-state index in [4.69, 9.17) is 5.84 Å². The van der Waals surface area contributed by atoms with Gasteiger partial charge in [-0.3, -0.25) is 4.98 Å². The predicted octanol–water partition coefficient (Wildman–Crippen LogP) is 4.71. The Hall–Kier alpha value is -2.92. The van der Waals surface area contributed by atoms with Gasteiger partial charge < -0.3 is 4.90 Å². The van der Waals surface area contributed by atoms with Gasteiger partial charge in [0.15, 0.2) is 5.84 Å². The first-order valence-electron chi connectivity index (χ1n) is 10.7. The van der Waals surface area contributed by atoms with Crippen LogP contribution in [0.3, 0.4) is 0 Å². The number of hydrogen-bond donors (Lipinski definition) is 1. The third-order valence-electron chi connectivity index (χ3n) is 5.96. The molecule has 2 N–H and O–H groups in total. The van der Waals surface area contributed by atoms with E-state index in [1.165, 1.54) is 34.5 Å². The molecule has 2 aliphatic rings. The fourth-order valence-corrected chi connectivity index (χ4v) is 4.30. The number of nitrogens with zero attached hydrogens (tertiary/aromatic N) is 4. The predicted molar refractivity (Wildman–Crippen MR) is 125 cm³/mol. The van der Waals surface area contributed by atoms with E-state index in [0.29, 0.717) is 12.0 Å². The van der Waals surface area contributed by atoms with Gasteiger partial charge in [-0.25, -0.2) is 11.0 Å². The van der Waals surface area contributed by atoms with Gasteiger partial charge in [-0.15, -0.1) is 5.10 Å². The average molecular weight is 402 g/mol.